The molecule has 5 heteroatoms. The molecule has 42 heavy (non-hydrogen) atoms. The Kier molecular flexibility index (Phi) is 16.1. The molecular weight excluding hydrogens is 518 g/mol. The largest absolute Gasteiger partial charge is 0.324 e. The van der Waals surface area contributed by atoms with E-state index in [9.17, 15) is 9.59 Å². The SMILES string of the molecule is CCCC[N+](CCC)(CCCCCCCN(CC)CC(=O)Nc1c(C)cccc1C)CC(=O)Cc1c(C)cccc1C. The summed E-state index contributed by atoms with van der Waals surface area (Å²) in [5.74, 6) is 0.455. The van der Waals surface area contributed by atoms with Gasteiger partial charge in [0.15, 0.2) is 5.78 Å². The van der Waals surface area contributed by atoms with Gasteiger partial charge in [0.25, 0.3) is 0 Å². The van der Waals surface area contributed by atoms with E-state index in [-0.39, 0.29) is 5.91 Å². The second kappa shape index (κ2) is 18.9. The molecule has 1 N–H and O–H groups in total. The fourth-order valence-corrected chi connectivity index (χ4v) is 6.35. The minimum absolute atomic E-state index is 0.0681. The number of Topliss-reactive ketones (excluding diaryl/α,β-unsaturated/α-hetero) is 1. The molecule has 0 saturated heterocycles. The van der Waals surface area contributed by atoms with Crippen LogP contribution in [0.15, 0.2) is 36.4 Å². The van der Waals surface area contributed by atoms with E-state index in [1.165, 1.54) is 55.2 Å². The van der Waals surface area contributed by atoms with E-state index in [1.807, 2.05) is 32.0 Å². The van der Waals surface area contributed by atoms with Gasteiger partial charge in [-0.15, -0.1) is 0 Å². The number of rotatable bonds is 21. The summed E-state index contributed by atoms with van der Waals surface area (Å²) < 4.78 is 0.952. The zero-order valence-corrected chi connectivity index (χ0v) is 28.0. The van der Waals surface area contributed by atoms with Crippen LogP contribution in [0.5, 0.6) is 0 Å². The van der Waals surface area contributed by atoms with Gasteiger partial charge >= 0.3 is 0 Å². The van der Waals surface area contributed by atoms with Gasteiger partial charge in [0.1, 0.15) is 6.54 Å². The van der Waals surface area contributed by atoms with Crippen molar-refractivity contribution < 1.29 is 14.1 Å². The zero-order valence-electron chi connectivity index (χ0n) is 28.0. The second-order valence-electron chi connectivity index (χ2n) is 12.6. The molecule has 0 aliphatic heterocycles. The monoisotopic (exact) mass is 578 g/mol. The van der Waals surface area contributed by atoms with Crippen molar-refractivity contribution in [3.05, 3.63) is 64.2 Å². The number of para-hydroxylation sites is 1. The van der Waals surface area contributed by atoms with E-state index in [4.69, 9.17) is 0 Å². The summed E-state index contributed by atoms with van der Waals surface area (Å²) in [5.41, 5.74) is 6.84. The summed E-state index contributed by atoms with van der Waals surface area (Å²) in [6.45, 7) is 21.2. The maximum atomic E-state index is 13.4. The second-order valence-corrected chi connectivity index (χ2v) is 12.6. The number of hydrogen-bond donors (Lipinski definition) is 1. The fraction of sp³-hybridized carbons (Fsp3) is 0.622. The van der Waals surface area contributed by atoms with Crippen LogP contribution < -0.4 is 5.32 Å². The number of amides is 1. The fourth-order valence-electron chi connectivity index (χ4n) is 6.35. The summed E-state index contributed by atoms with van der Waals surface area (Å²) in [7, 11) is 0. The lowest BCUT2D eigenvalue weighted by atomic mass is 9.97. The van der Waals surface area contributed by atoms with E-state index in [2.05, 4.69) is 63.0 Å². The van der Waals surface area contributed by atoms with E-state index < -0.39 is 0 Å². The van der Waals surface area contributed by atoms with Crippen LogP contribution >= 0.6 is 0 Å². The van der Waals surface area contributed by atoms with Gasteiger partial charge in [0.05, 0.1) is 26.2 Å². The molecule has 0 bridgehead atoms. The number of anilines is 1. The molecule has 0 saturated carbocycles. The molecule has 0 aromatic heterocycles. The van der Waals surface area contributed by atoms with Crippen LogP contribution in [0.2, 0.25) is 0 Å². The Morgan fingerprint density at radius 2 is 1.29 bits per heavy atom. The summed E-state index contributed by atoms with van der Waals surface area (Å²) in [6.07, 6.45) is 9.92. The number of unbranched alkanes of at least 4 members (excludes halogenated alkanes) is 5. The lowest BCUT2D eigenvalue weighted by Crippen LogP contribution is -2.53. The Morgan fingerprint density at radius 3 is 1.88 bits per heavy atom. The smallest absolute Gasteiger partial charge is 0.238 e. The maximum Gasteiger partial charge on any atom is 0.238 e. The predicted octanol–water partition coefficient (Wildman–Crippen LogP) is 7.97. The summed E-state index contributed by atoms with van der Waals surface area (Å²) in [5, 5.41) is 3.13. The van der Waals surface area contributed by atoms with Crippen LogP contribution in [0.3, 0.4) is 0 Å². The Morgan fingerprint density at radius 1 is 0.714 bits per heavy atom. The Balaban J connectivity index is 1.81. The summed E-state index contributed by atoms with van der Waals surface area (Å²) in [4.78, 5) is 28.4. The molecule has 2 aromatic rings. The number of nitrogens with zero attached hydrogens (tertiary/aromatic N) is 2. The number of quaternary nitrogens is 1. The molecule has 0 spiro atoms. The molecule has 2 aromatic carbocycles. The van der Waals surface area contributed by atoms with Crippen molar-refractivity contribution in [2.75, 3.05) is 51.1 Å². The standard InChI is InChI=1S/C37H59N3O2/c1-8-11-25-40(24-9-2,29-34(41)27-35-30(4)19-17-20-31(35)5)26-16-14-12-13-15-23-39(10-3)28-36(42)38-37-32(6)21-18-22-33(37)7/h17-22H,8-16,23-29H2,1-7H3/p+1. The van der Waals surface area contributed by atoms with Crippen LogP contribution in [-0.4, -0.2) is 66.9 Å². The van der Waals surface area contributed by atoms with Crippen molar-refractivity contribution in [3.63, 3.8) is 0 Å². The minimum atomic E-state index is 0.0681. The molecule has 5 nitrogen and oxygen atoms in total. The summed E-state index contributed by atoms with van der Waals surface area (Å²) >= 11 is 0. The lowest BCUT2D eigenvalue weighted by molar-refractivity contribution is -0.921. The molecule has 234 valence electrons. The number of hydrogen-bond acceptors (Lipinski definition) is 3. The molecule has 1 amide bonds. The topological polar surface area (TPSA) is 49.4 Å². The van der Waals surface area contributed by atoms with E-state index in [1.54, 1.807) is 0 Å². The first-order valence-corrected chi connectivity index (χ1v) is 16.6. The van der Waals surface area contributed by atoms with E-state index >= 15 is 0 Å². The van der Waals surface area contributed by atoms with Gasteiger partial charge in [-0.3, -0.25) is 14.5 Å². The highest BCUT2D eigenvalue weighted by atomic mass is 16.2. The highest BCUT2D eigenvalue weighted by Crippen LogP contribution is 2.20. The first kappa shape index (κ1) is 35.7. The number of ketones is 1. The molecule has 0 aliphatic rings. The maximum absolute atomic E-state index is 13.4. The molecule has 0 aliphatic carbocycles. The van der Waals surface area contributed by atoms with Crippen molar-refractivity contribution in [3.8, 4) is 0 Å². The number of carbonyl (C=O) groups excluding carboxylic acids is 2. The van der Waals surface area contributed by atoms with Crippen LogP contribution in [0, 0.1) is 27.7 Å². The third-order valence-electron chi connectivity index (χ3n) is 8.88. The zero-order chi connectivity index (χ0) is 31.0. The average Bonchev–Trinajstić information content (AvgIpc) is 2.95. The molecule has 0 fully saturated rings. The van der Waals surface area contributed by atoms with Gasteiger partial charge in [0.2, 0.25) is 5.91 Å². The van der Waals surface area contributed by atoms with Gasteiger partial charge in [-0.1, -0.05) is 76.4 Å². The van der Waals surface area contributed by atoms with Crippen molar-refractivity contribution in [1.82, 2.24) is 4.90 Å². The van der Waals surface area contributed by atoms with Crippen molar-refractivity contribution in [1.29, 1.82) is 0 Å². The normalized spacial score (nSPS) is 12.9. The highest BCUT2D eigenvalue weighted by molar-refractivity contribution is 5.93. The molecule has 2 rings (SSSR count). The van der Waals surface area contributed by atoms with E-state index in [0.29, 0.717) is 25.3 Å². The average molecular weight is 579 g/mol. The first-order valence-electron chi connectivity index (χ1n) is 16.6. The Labute approximate surface area is 257 Å². The quantitative estimate of drug-likeness (QED) is 0.121. The van der Waals surface area contributed by atoms with Gasteiger partial charge in [0, 0.05) is 12.1 Å². The van der Waals surface area contributed by atoms with E-state index in [0.717, 1.165) is 66.9 Å². The number of benzene rings is 2. The number of carbonyl (C=O) groups is 2. The molecule has 0 radical (unpaired) electrons. The highest BCUT2D eigenvalue weighted by Gasteiger charge is 2.29. The minimum Gasteiger partial charge on any atom is -0.324 e. The number of nitrogens with one attached hydrogen (secondary N) is 1. The predicted molar refractivity (Wildman–Crippen MR) is 179 cm³/mol. The summed E-state index contributed by atoms with van der Waals surface area (Å²) in [6, 6.07) is 12.4. The van der Waals surface area contributed by atoms with Crippen molar-refractivity contribution in [2.45, 2.75) is 106 Å². The molecule has 1 unspecified atom stereocenters. The van der Waals surface area contributed by atoms with Crippen LogP contribution in [0.4, 0.5) is 5.69 Å². The molecule has 1 atom stereocenters. The van der Waals surface area contributed by atoms with Crippen molar-refractivity contribution >= 4 is 17.4 Å². The number of aryl methyl sites for hydroxylation is 4. The third-order valence-corrected chi connectivity index (χ3v) is 8.88. The number of likely N-dealkylation sites (N-methyl/N-ethyl adjacent to an activating group) is 1. The third kappa shape index (κ3) is 12.0. The van der Waals surface area contributed by atoms with Gasteiger partial charge in [-0.25, -0.2) is 0 Å². The van der Waals surface area contributed by atoms with Crippen LogP contribution in [0.1, 0.15) is 100.0 Å². The van der Waals surface area contributed by atoms with Gasteiger partial charge in [-0.2, -0.15) is 0 Å². The van der Waals surface area contributed by atoms with Crippen molar-refractivity contribution in [2.24, 2.45) is 0 Å². The van der Waals surface area contributed by atoms with Crippen LogP contribution in [-0.2, 0) is 16.0 Å². The molecular formula is C37H60N3O2+. The van der Waals surface area contributed by atoms with Gasteiger partial charge in [-0.05, 0) is 101 Å². The lowest BCUT2D eigenvalue weighted by Gasteiger charge is -2.38. The first-order chi connectivity index (χ1) is 20.1. The molecule has 0 heterocycles. The Hall–Kier alpha value is -2.50. The van der Waals surface area contributed by atoms with Crippen LogP contribution in [0.25, 0.3) is 0 Å². The Bertz CT molecular complexity index is 1070. The van der Waals surface area contributed by atoms with Gasteiger partial charge < -0.3 is 9.80 Å².